The number of anilines is 1. The van der Waals surface area contributed by atoms with Crippen LogP contribution in [-0.2, 0) is 16.1 Å². The Morgan fingerprint density at radius 3 is 1.88 bits per heavy atom. The summed E-state index contributed by atoms with van der Waals surface area (Å²) in [6.45, 7) is 8.74. The number of amides is 3. The summed E-state index contributed by atoms with van der Waals surface area (Å²) in [4.78, 5) is 41.5. The zero-order valence-electron chi connectivity index (χ0n) is 40.9. The van der Waals surface area contributed by atoms with Gasteiger partial charge in [0.15, 0.2) is 0 Å². The van der Waals surface area contributed by atoms with E-state index in [0.29, 0.717) is 61.5 Å². The summed E-state index contributed by atoms with van der Waals surface area (Å²) in [6, 6.07) is 25.1. The zero-order chi connectivity index (χ0) is 48.2. The predicted molar refractivity (Wildman–Crippen MR) is 273 cm³/mol. The van der Waals surface area contributed by atoms with Crippen LogP contribution >= 0.6 is 0 Å². The normalized spacial score (nSPS) is 12.5. The van der Waals surface area contributed by atoms with Crippen molar-refractivity contribution in [3.8, 4) is 22.4 Å². The number of aliphatic hydroxyl groups excluding tert-OH is 2. The average molecular weight is 922 g/mol. The third-order valence-electron chi connectivity index (χ3n) is 12.2. The number of hydrogen-bond donors (Lipinski definition) is 5. The molecule has 0 saturated heterocycles. The van der Waals surface area contributed by atoms with Crippen molar-refractivity contribution >= 4 is 23.4 Å². The molecule has 5 N–H and O–H groups in total. The van der Waals surface area contributed by atoms with Crippen LogP contribution in [0, 0.1) is 5.82 Å². The molecule has 3 aromatic carbocycles. The predicted octanol–water partition coefficient (Wildman–Crippen LogP) is 11.4. The van der Waals surface area contributed by atoms with Crippen LogP contribution in [0.1, 0.15) is 152 Å². The SMILES string of the molecule is CCCCCCCC/C=C\CCCCCCCC(=O)NCCN(C)CCNC(=O)C[C@H](O)C[C@H](O)CCn1c(-c2ccc(F)cc2)c(-c2ccccc2)c(C(=O)Nc2ccccc2)c1C(C)C. The van der Waals surface area contributed by atoms with Gasteiger partial charge in [-0.1, -0.05) is 133 Å². The number of benzene rings is 3. The summed E-state index contributed by atoms with van der Waals surface area (Å²) >= 11 is 0. The van der Waals surface area contributed by atoms with Crippen LogP contribution < -0.4 is 16.0 Å². The number of likely N-dealkylation sites (N-methyl/N-ethyl adjacent to an activating group) is 1. The Hall–Kier alpha value is -5.10. The summed E-state index contributed by atoms with van der Waals surface area (Å²) < 4.78 is 16.3. The van der Waals surface area contributed by atoms with Crippen molar-refractivity contribution in [2.24, 2.45) is 0 Å². The Bertz CT molecular complexity index is 2050. The monoisotopic (exact) mass is 922 g/mol. The molecular formula is C56H80FN5O5. The lowest BCUT2D eigenvalue weighted by molar-refractivity contribution is -0.123. The van der Waals surface area contributed by atoms with E-state index in [-0.39, 0.29) is 48.7 Å². The second kappa shape index (κ2) is 31.0. The number of unbranched alkanes of at least 4 members (excludes halogenated alkanes) is 11. The van der Waals surface area contributed by atoms with E-state index in [4.69, 9.17) is 0 Å². The van der Waals surface area contributed by atoms with E-state index in [0.717, 1.165) is 42.6 Å². The molecule has 0 aliphatic heterocycles. The van der Waals surface area contributed by atoms with Gasteiger partial charge in [-0.3, -0.25) is 14.4 Å². The van der Waals surface area contributed by atoms with Crippen molar-refractivity contribution in [2.75, 3.05) is 38.5 Å². The molecule has 11 heteroatoms. The minimum atomic E-state index is -1.07. The van der Waals surface area contributed by atoms with Crippen LogP contribution in [0.4, 0.5) is 10.1 Å². The standard InChI is InChI=1S/C56H80FN5O5/c1-5-6-7-8-9-10-11-12-13-14-15-16-17-18-25-30-50(65)58-36-39-61(4)40-37-59-51(66)42-49(64)41-48(63)35-38-62-54(43(2)3)53(56(67)60-47-28-23-20-24-29-47)52(44-26-21-19-22-27-44)55(62)45-31-33-46(57)34-32-45/h12-13,19-24,26-29,31-34,43,48-49,63-64H,5-11,14-18,25,30,35-42H2,1-4H3,(H,58,65)(H,59,66)(H,60,67)/b13-12-/t48-,49-/m1/s1. The van der Waals surface area contributed by atoms with E-state index in [2.05, 4.69) is 35.0 Å². The molecule has 0 radical (unpaired) electrons. The third-order valence-corrected chi connectivity index (χ3v) is 12.2. The van der Waals surface area contributed by atoms with Crippen LogP contribution in [0.3, 0.4) is 0 Å². The van der Waals surface area contributed by atoms with Gasteiger partial charge in [0.25, 0.3) is 5.91 Å². The van der Waals surface area contributed by atoms with Gasteiger partial charge in [-0.05, 0) is 105 Å². The largest absolute Gasteiger partial charge is 0.393 e. The highest BCUT2D eigenvalue weighted by Crippen LogP contribution is 2.42. The molecule has 0 aliphatic rings. The summed E-state index contributed by atoms with van der Waals surface area (Å²) in [5, 5.41) is 31.1. The van der Waals surface area contributed by atoms with Crippen LogP contribution in [0.25, 0.3) is 22.4 Å². The number of carbonyl (C=O) groups excluding carboxylic acids is 3. The van der Waals surface area contributed by atoms with Gasteiger partial charge in [0.05, 0.1) is 29.9 Å². The lowest BCUT2D eigenvalue weighted by Gasteiger charge is -2.20. The molecule has 2 atom stereocenters. The molecule has 1 aromatic heterocycles. The first-order valence-electron chi connectivity index (χ1n) is 25.2. The van der Waals surface area contributed by atoms with Gasteiger partial charge in [0, 0.05) is 56.1 Å². The Balaban J connectivity index is 1.19. The van der Waals surface area contributed by atoms with E-state index >= 15 is 0 Å². The molecule has 0 spiro atoms. The molecule has 4 aromatic rings. The van der Waals surface area contributed by atoms with Gasteiger partial charge in [-0.2, -0.15) is 0 Å². The number of nitrogens with one attached hydrogen (secondary N) is 3. The maximum absolute atomic E-state index is 14.3. The minimum absolute atomic E-state index is 0.0128. The Morgan fingerprint density at radius 2 is 1.27 bits per heavy atom. The molecule has 0 aliphatic carbocycles. The van der Waals surface area contributed by atoms with Crippen LogP contribution in [0.2, 0.25) is 0 Å². The second-order valence-electron chi connectivity index (χ2n) is 18.4. The Kier molecular flexibility index (Phi) is 25.3. The number of rotatable bonds is 33. The van der Waals surface area contributed by atoms with E-state index in [1.807, 2.05) is 91.0 Å². The van der Waals surface area contributed by atoms with Gasteiger partial charge in [-0.25, -0.2) is 4.39 Å². The maximum Gasteiger partial charge on any atom is 0.258 e. The van der Waals surface area contributed by atoms with Crippen molar-refractivity contribution in [1.29, 1.82) is 0 Å². The van der Waals surface area contributed by atoms with Crippen molar-refractivity contribution in [3.63, 3.8) is 0 Å². The summed E-state index contributed by atoms with van der Waals surface area (Å²) in [7, 11) is 1.94. The molecule has 0 unspecified atom stereocenters. The number of aromatic nitrogens is 1. The molecule has 3 amide bonds. The lowest BCUT2D eigenvalue weighted by Crippen LogP contribution is -2.38. The smallest absolute Gasteiger partial charge is 0.258 e. The molecule has 366 valence electrons. The van der Waals surface area contributed by atoms with Gasteiger partial charge < -0.3 is 35.6 Å². The average Bonchev–Trinajstić information content (AvgIpc) is 3.66. The minimum Gasteiger partial charge on any atom is -0.393 e. The quantitative estimate of drug-likeness (QED) is 0.0238. The number of allylic oxidation sites excluding steroid dienone is 2. The summed E-state index contributed by atoms with van der Waals surface area (Å²) in [6.07, 6.45) is 19.2. The highest BCUT2D eigenvalue weighted by Gasteiger charge is 2.31. The van der Waals surface area contributed by atoms with Crippen molar-refractivity contribution in [2.45, 2.75) is 155 Å². The first-order valence-corrected chi connectivity index (χ1v) is 25.2. The van der Waals surface area contributed by atoms with Crippen molar-refractivity contribution in [3.05, 3.63) is 114 Å². The van der Waals surface area contributed by atoms with E-state index in [1.54, 1.807) is 12.1 Å². The summed E-state index contributed by atoms with van der Waals surface area (Å²) in [5.74, 6) is -1.02. The first kappa shape index (κ1) is 54.5. The molecule has 10 nitrogen and oxygen atoms in total. The van der Waals surface area contributed by atoms with Crippen LogP contribution in [0.15, 0.2) is 97.1 Å². The van der Waals surface area contributed by atoms with E-state index in [9.17, 15) is 29.0 Å². The number of hydrogen-bond acceptors (Lipinski definition) is 6. The molecule has 0 bridgehead atoms. The number of nitrogens with zero attached hydrogens (tertiary/aromatic N) is 2. The number of para-hydroxylation sites is 1. The topological polar surface area (TPSA) is 136 Å². The van der Waals surface area contributed by atoms with Crippen LogP contribution in [0.5, 0.6) is 0 Å². The zero-order valence-corrected chi connectivity index (χ0v) is 40.9. The molecule has 4 rings (SSSR count). The van der Waals surface area contributed by atoms with Crippen LogP contribution in [-0.4, -0.2) is 82.8 Å². The van der Waals surface area contributed by atoms with Crippen molar-refractivity contribution < 1.29 is 29.0 Å². The molecule has 0 saturated carbocycles. The van der Waals surface area contributed by atoms with E-state index in [1.165, 1.54) is 69.9 Å². The highest BCUT2D eigenvalue weighted by molar-refractivity contribution is 6.12. The lowest BCUT2D eigenvalue weighted by atomic mass is 9.94. The first-order chi connectivity index (χ1) is 32.5. The van der Waals surface area contributed by atoms with Gasteiger partial charge in [-0.15, -0.1) is 0 Å². The molecule has 67 heavy (non-hydrogen) atoms. The number of carbonyl (C=O) groups is 3. The van der Waals surface area contributed by atoms with Gasteiger partial charge >= 0.3 is 0 Å². The second-order valence-corrected chi connectivity index (χ2v) is 18.4. The fourth-order valence-electron chi connectivity index (χ4n) is 8.62. The maximum atomic E-state index is 14.3. The number of aliphatic hydroxyl groups is 2. The van der Waals surface area contributed by atoms with Gasteiger partial charge in [0.1, 0.15) is 5.82 Å². The third kappa shape index (κ3) is 20.0. The summed E-state index contributed by atoms with van der Waals surface area (Å²) in [5.41, 5.74) is 4.87. The van der Waals surface area contributed by atoms with Crippen molar-refractivity contribution in [1.82, 2.24) is 20.1 Å². The Labute approximate surface area is 400 Å². The fourth-order valence-corrected chi connectivity index (χ4v) is 8.62. The Morgan fingerprint density at radius 1 is 0.701 bits per heavy atom. The molecule has 0 fully saturated rings. The number of halogens is 1. The molecular weight excluding hydrogens is 842 g/mol. The highest BCUT2D eigenvalue weighted by atomic mass is 19.1. The fraction of sp³-hybridized carbons (Fsp3) is 0.518. The van der Waals surface area contributed by atoms with Gasteiger partial charge in [0.2, 0.25) is 11.8 Å². The molecule has 1 heterocycles. The van der Waals surface area contributed by atoms with E-state index < -0.39 is 12.2 Å².